The number of rotatable bonds is 6. The molecular formula is C17H15N3O5S2. The average Bonchev–Trinajstić information content (AvgIpc) is 3.08. The number of thioether (sulfide) groups is 1. The number of methoxy groups -OCH3 is 2. The molecule has 3 aromatic rings. The van der Waals surface area contributed by atoms with E-state index in [4.69, 9.17) is 9.47 Å². The summed E-state index contributed by atoms with van der Waals surface area (Å²) in [6.07, 6.45) is 1.94. The van der Waals surface area contributed by atoms with E-state index in [9.17, 15) is 14.9 Å². The topological polar surface area (TPSA) is 104 Å². The Bertz CT molecular complexity index is 1030. The van der Waals surface area contributed by atoms with Gasteiger partial charge in [0.15, 0.2) is 16.6 Å². The molecule has 0 aliphatic rings. The van der Waals surface area contributed by atoms with Crippen LogP contribution in [0.5, 0.6) is 11.5 Å². The molecule has 1 aromatic heterocycles. The van der Waals surface area contributed by atoms with Crippen LogP contribution in [-0.2, 0) is 0 Å². The average molecular weight is 405 g/mol. The van der Waals surface area contributed by atoms with Crippen LogP contribution in [0.25, 0.3) is 10.2 Å². The summed E-state index contributed by atoms with van der Waals surface area (Å²) >= 11 is 2.85. The van der Waals surface area contributed by atoms with Crippen molar-refractivity contribution in [1.29, 1.82) is 0 Å². The molecule has 27 heavy (non-hydrogen) atoms. The summed E-state index contributed by atoms with van der Waals surface area (Å²) in [7, 11) is 2.76. The molecule has 0 aliphatic heterocycles. The molecule has 0 radical (unpaired) electrons. The van der Waals surface area contributed by atoms with Crippen LogP contribution in [0.4, 0.5) is 10.8 Å². The van der Waals surface area contributed by atoms with Gasteiger partial charge in [0.1, 0.15) is 5.56 Å². The molecule has 8 nitrogen and oxygen atoms in total. The van der Waals surface area contributed by atoms with Crippen LogP contribution >= 0.6 is 23.1 Å². The Hall–Kier alpha value is -2.85. The number of nitro benzene ring substituents is 1. The van der Waals surface area contributed by atoms with Crippen LogP contribution in [0.1, 0.15) is 10.4 Å². The van der Waals surface area contributed by atoms with Gasteiger partial charge in [-0.1, -0.05) is 17.4 Å². The molecular weight excluding hydrogens is 390 g/mol. The molecule has 0 atom stereocenters. The number of thiazole rings is 1. The Kier molecular flexibility index (Phi) is 5.47. The van der Waals surface area contributed by atoms with Crippen LogP contribution in [0.2, 0.25) is 0 Å². The number of nitrogens with one attached hydrogen (secondary N) is 1. The van der Waals surface area contributed by atoms with E-state index in [0.717, 1.165) is 21.2 Å². The maximum atomic E-state index is 12.7. The standard InChI is InChI=1S/C17H15N3O5S2/c1-24-11-7-9(10(20(22)23)8-12(11)25-2)16(21)19-17-18-15-13(26-3)5-4-6-14(15)27-17/h4-8H,1-3H3,(H,18,19,21). The first-order chi connectivity index (χ1) is 13.0. The predicted molar refractivity (Wildman–Crippen MR) is 106 cm³/mol. The third kappa shape index (κ3) is 3.67. The van der Waals surface area contributed by atoms with Gasteiger partial charge in [0.05, 0.1) is 35.4 Å². The zero-order chi connectivity index (χ0) is 19.6. The minimum absolute atomic E-state index is 0.137. The van der Waals surface area contributed by atoms with Gasteiger partial charge < -0.3 is 9.47 Å². The van der Waals surface area contributed by atoms with E-state index < -0.39 is 10.8 Å². The maximum absolute atomic E-state index is 12.7. The molecule has 1 amide bonds. The lowest BCUT2D eigenvalue weighted by molar-refractivity contribution is -0.385. The van der Waals surface area contributed by atoms with E-state index in [1.165, 1.54) is 31.6 Å². The fourth-order valence-corrected chi connectivity index (χ4v) is 4.02. The largest absolute Gasteiger partial charge is 0.493 e. The SMILES string of the molecule is COc1cc(C(=O)Nc2nc3c(SC)cccc3s2)c([N+](=O)[O-])cc1OC. The number of carbonyl (C=O) groups is 1. The minimum Gasteiger partial charge on any atom is -0.493 e. The molecule has 0 aliphatic carbocycles. The number of hydrogen-bond donors (Lipinski definition) is 1. The van der Waals surface area contributed by atoms with Gasteiger partial charge in [0.2, 0.25) is 0 Å². The van der Waals surface area contributed by atoms with Gasteiger partial charge in [-0.05, 0) is 18.4 Å². The first kappa shape index (κ1) is 18.9. The Labute approximate surface area is 162 Å². The normalized spacial score (nSPS) is 10.6. The van der Waals surface area contributed by atoms with Crippen molar-refractivity contribution >= 4 is 50.0 Å². The molecule has 1 heterocycles. The van der Waals surface area contributed by atoms with Crippen LogP contribution < -0.4 is 14.8 Å². The number of hydrogen-bond acceptors (Lipinski definition) is 8. The van der Waals surface area contributed by atoms with E-state index >= 15 is 0 Å². The number of para-hydroxylation sites is 1. The van der Waals surface area contributed by atoms with Crippen molar-refractivity contribution in [3.63, 3.8) is 0 Å². The molecule has 3 rings (SSSR count). The van der Waals surface area contributed by atoms with Gasteiger partial charge in [-0.25, -0.2) is 4.98 Å². The monoisotopic (exact) mass is 405 g/mol. The van der Waals surface area contributed by atoms with Crippen LogP contribution in [0.3, 0.4) is 0 Å². The van der Waals surface area contributed by atoms with Gasteiger partial charge in [-0.2, -0.15) is 0 Å². The number of anilines is 1. The zero-order valence-electron chi connectivity index (χ0n) is 14.6. The molecule has 10 heteroatoms. The summed E-state index contributed by atoms with van der Waals surface area (Å²) in [5, 5.41) is 14.4. The van der Waals surface area contributed by atoms with E-state index in [1.54, 1.807) is 11.8 Å². The third-order valence-corrected chi connectivity index (χ3v) is 5.47. The van der Waals surface area contributed by atoms with Gasteiger partial charge in [-0.3, -0.25) is 20.2 Å². The number of nitro groups is 1. The van der Waals surface area contributed by atoms with E-state index in [2.05, 4.69) is 10.3 Å². The second kappa shape index (κ2) is 7.80. The summed E-state index contributed by atoms with van der Waals surface area (Å²) < 4.78 is 11.1. The van der Waals surface area contributed by atoms with Crippen molar-refractivity contribution in [2.75, 3.05) is 25.8 Å². The molecule has 140 valence electrons. The smallest absolute Gasteiger partial charge is 0.286 e. The number of ether oxygens (including phenoxy) is 2. The Balaban J connectivity index is 2.00. The molecule has 0 spiro atoms. The maximum Gasteiger partial charge on any atom is 0.286 e. The van der Waals surface area contributed by atoms with E-state index in [-0.39, 0.29) is 22.7 Å². The van der Waals surface area contributed by atoms with Gasteiger partial charge in [-0.15, -0.1) is 11.8 Å². The lowest BCUT2D eigenvalue weighted by Gasteiger charge is -2.10. The number of aromatic nitrogens is 1. The van der Waals surface area contributed by atoms with Crippen LogP contribution in [0, 0.1) is 10.1 Å². The van der Waals surface area contributed by atoms with E-state index in [1.807, 2.05) is 24.5 Å². The number of carbonyl (C=O) groups excluding carboxylic acids is 1. The first-order valence-corrected chi connectivity index (χ1v) is 9.68. The molecule has 2 aromatic carbocycles. The quantitative estimate of drug-likeness (QED) is 0.372. The second-order valence-corrected chi connectivity index (χ2v) is 7.14. The van der Waals surface area contributed by atoms with Crippen molar-refractivity contribution in [1.82, 2.24) is 4.98 Å². The van der Waals surface area contributed by atoms with Crippen LogP contribution in [-0.4, -0.2) is 36.3 Å². The zero-order valence-corrected chi connectivity index (χ0v) is 16.3. The Morgan fingerprint density at radius 3 is 2.59 bits per heavy atom. The second-order valence-electron chi connectivity index (χ2n) is 5.26. The molecule has 0 fully saturated rings. The summed E-state index contributed by atoms with van der Waals surface area (Å²) in [5.41, 5.74) is 0.269. The lowest BCUT2D eigenvalue weighted by Crippen LogP contribution is -2.14. The summed E-state index contributed by atoms with van der Waals surface area (Å²) in [5.74, 6) is -0.250. The molecule has 0 saturated heterocycles. The van der Waals surface area contributed by atoms with Gasteiger partial charge in [0.25, 0.3) is 11.6 Å². The van der Waals surface area contributed by atoms with E-state index in [0.29, 0.717) is 5.13 Å². The Morgan fingerprint density at radius 2 is 1.96 bits per heavy atom. The van der Waals surface area contributed by atoms with Crippen molar-refractivity contribution < 1.29 is 19.2 Å². The van der Waals surface area contributed by atoms with Gasteiger partial charge >= 0.3 is 0 Å². The fraction of sp³-hybridized carbons (Fsp3) is 0.176. The number of nitrogens with zero attached hydrogens (tertiary/aromatic N) is 2. The Morgan fingerprint density at radius 1 is 1.26 bits per heavy atom. The summed E-state index contributed by atoms with van der Waals surface area (Å²) in [6, 6.07) is 8.21. The number of amides is 1. The molecule has 1 N–H and O–H groups in total. The van der Waals surface area contributed by atoms with Crippen molar-refractivity contribution in [3.8, 4) is 11.5 Å². The highest BCUT2D eigenvalue weighted by Gasteiger charge is 2.25. The number of fused-ring (bicyclic) bond motifs is 1. The van der Waals surface area contributed by atoms with Gasteiger partial charge in [0, 0.05) is 11.0 Å². The molecule has 0 unspecified atom stereocenters. The lowest BCUT2D eigenvalue weighted by atomic mass is 10.1. The van der Waals surface area contributed by atoms with Crippen molar-refractivity contribution in [2.24, 2.45) is 0 Å². The first-order valence-electron chi connectivity index (χ1n) is 7.63. The highest BCUT2D eigenvalue weighted by atomic mass is 32.2. The van der Waals surface area contributed by atoms with Crippen LogP contribution in [0.15, 0.2) is 35.2 Å². The highest BCUT2D eigenvalue weighted by Crippen LogP contribution is 2.36. The molecule has 0 saturated carbocycles. The van der Waals surface area contributed by atoms with Crippen molar-refractivity contribution in [2.45, 2.75) is 4.90 Å². The predicted octanol–water partition coefficient (Wildman–Crippen LogP) is 4.20. The summed E-state index contributed by atoms with van der Waals surface area (Å²) in [4.78, 5) is 28.9. The fourth-order valence-electron chi connectivity index (χ4n) is 2.51. The third-order valence-electron chi connectivity index (χ3n) is 3.77. The molecule has 0 bridgehead atoms. The minimum atomic E-state index is -0.646. The van der Waals surface area contributed by atoms with Crippen molar-refractivity contribution in [3.05, 3.63) is 46.0 Å². The number of benzene rings is 2. The summed E-state index contributed by atoms with van der Waals surface area (Å²) in [6.45, 7) is 0. The highest BCUT2D eigenvalue weighted by molar-refractivity contribution is 7.98.